The summed E-state index contributed by atoms with van der Waals surface area (Å²) in [6, 6.07) is 0. The first-order chi connectivity index (χ1) is 9.91. The number of nitrogens with one attached hydrogen (secondary N) is 1. The minimum Gasteiger partial charge on any atom is -0.329 e. The van der Waals surface area contributed by atoms with Gasteiger partial charge in [0.2, 0.25) is 6.49 Å². The minimum absolute atomic E-state index is 0.153. The summed E-state index contributed by atoms with van der Waals surface area (Å²) in [5.74, 6) is -0.360. The van der Waals surface area contributed by atoms with Crippen molar-refractivity contribution in [1.29, 1.82) is 0 Å². The van der Waals surface area contributed by atoms with Crippen molar-refractivity contribution in [1.82, 2.24) is 5.32 Å². The molecule has 21 heavy (non-hydrogen) atoms. The summed E-state index contributed by atoms with van der Waals surface area (Å²) in [4.78, 5) is 0. The molecule has 0 saturated carbocycles. The van der Waals surface area contributed by atoms with Crippen LogP contribution in [0.25, 0.3) is 0 Å². The molecule has 0 aliphatic heterocycles. The van der Waals surface area contributed by atoms with Crippen LogP contribution in [0.1, 0.15) is 34.6 Å². The Morgan fingerprint density at radius 2 is 1.33 bits per heavy atom. The van der Waals surface area contributed by atoms with Gasteiger partial charge in [-0.05, 0) is 46.0 Å². The van der Waals surface area contributed by atoms with Crippen molar-refractivity contribution < 1.29 is 22.7 Å². The van der Waals surface area contributed by atoms with Crippen LogP contribution >= 0.6 is 14.1 Å². The van der Waals surface area contributed by atoms with Crippen LogP contribution in [-0.2, 0) is 34.5 Å². The van der Waals surface area contributed by atoms with Crippen molar-refractivity contribution in [2.45, 2.75) is 40.4 Å². The molecule has 0 amide bonds. The largest absolute Gasteiger partial charge is 0.332 e. The Morgan fingerprint density at radius 3 is 1.67 bits per heavy atom. The van der Waals surface area contributed by atoms with Crippen molar-refractivity contribution in [3.63, 3.8) is 0 Å². The Kier molecular flexibility index (Phi) is 11.6. The summed E-state index contributed by atoms with van der Waals surface area (Å²) in [7, 11) is -3.21. The van der Waals surface area contributed by atoms with Crippen LogP contribution in [0.3, 0.4) is 0 Å². The SMILES string of the molecule is CCNC(CP(=O)(OCC)OCC)P(=S)(OCC)OCC. The van der Waals surface area contributed by atoms with Crippen LogP contribution in [-0.4, -0.2) is 44.9 Å². The molecule has 0 bridgehead atoms. The number of hydrogen-bond acceptors (Lipinski definition) is 7. The molecular weight excluding hydrogens is 332 g/mol. The van der Waals surface area contributed by atoms with E-state index >= 15 is 0 Å². The number of hydrogen-bond donors (Lipinski definition) is 1. The highest BCUT2D eigenvalue weighted by Crippen LogP contribution is 2.59. The Labute approximate surface area is 134 Å². The van der Waals surface area contributed by atoms with E-state index in [1.165, 1.54) is 0 Å². The zero-order chi connectivity index (χ0) is 16.4. The van der Waals surface area contributed by atoms with E-state index in [1.807, 2.05) is 20.8 Å². The molecule has 0 aliphatic rings. The van der Waals surface area contributed by atoms with E-state index in [0.717, 1.165) is 0 Å². The van der Waals surface area contributed by atoms with Crippen molar-refractivity contribution >= 4 is 25.9 Å². The maximum absolute atomic E-state index is 12.7. The Hall–Kier alpha value is 0.680. The molecular formula is C12H29NO5P2S. The Morgan fingerprint density at radius 1 is 0.905 bits per heavy atom. The van der Waals surface area contributed by atoms with Crippen LogP contribution in [0.4, 0.5) is 0 Å². The second-order valence-electron chi connectivity index (χ2n) is 4.08. The highest BCUT2D eigenvalue weighted by Gasteiger charge is 2.38. The van der Waals surface area contributed by atoms with Crippen LogP contribution < -0.4 is 5.32 Å². The predicted molar refractivity (Wildman–Crippen MR) is 90.7 cm³/mol. The fraction of sp³-hybridized carbons (Fsp3) is 1.00. The van der Waals surface area contributed by atoms with Crippen molar-refractivity contribution in [2.24, 2.45) is 0 Å². The van der Waals surface area contributed by atoms with Gasteiger partial charge in [-0.3, -0.25) is 4.57 Å². The summed E-state index contributed by atoms with van der Waals surface area (Å²) in [5, 5.41) is 3.23. The first kappa shape index (κ1) is 21.7. The van der Waals surface area contributed by atoms with Crippen molar-refractivity contribution in [3.05, 3.63) is 0 Å². The van der Waals surface area contributed by atoms with Gasteiger partial charge in [-0.15, -0.1) is 0 Å². The quantitative estimate of drug-likeness (QED) is 0.503. The molecule has 0 radical (unpaired) electrons. The molecule has 0 aliphatic carbocycles. The fourth-order valence-electron chi connectivity index (χ4n) is 1.84. The Balaban J connectivity index is 5.25. The van der Waals surface area contributed by atoms with Crippen LogP contribution in [0.2, 0.25) is 0 Å². The van der Waals surface area contributed by atoms with Gasteiger partial charge in [-0.25, -0.2) is 0 Å². The minimum atomic E-state index is -3.21. The second kappa shape index (κ2) is 11.3. The molecule has 0 aromatic heterocycles. The topological polar surface area (TPSA) is 66.0 Å². The lowest BCUT2D eigenvalue weighted by Crippen LogP contribution is -2.34. The molecule has 0 saturated heterocycles. The highest BCUT2D eigenvalue weighted by atomic mass is 32.5. The summed E-state index contributed by atoms with van der Waals surface area (Å²) in [5.41, 5.74) is 0. The van der Waals surface area contributed by atoms with Crippen LogP contribution in [0, 0.1) is 0 Å². The van der Waals surface area contributed by atoms with E-state index in [9.17, 15) is 4.57 Å². The normalized spacial score (nSPS) is 14.3. The van der Waals surface area contributed by atoms with Crippen molar-refractivity contribution in [2.75, 3.05) is 39.1 Å². The lowest BCUT2D eigenvalue weighted by atomic mass is 10.6. The van der Waals surface area contributed by atoms with Crippen molar-refractivity contribution in [3.8, 4) is 0 Å². The van der Waals surface area contributed by atoms with Gasteiger partial charge in [0.25, 0.3) is 0 Å². The molecule has 6 nitrogen and oxygen atoms in total. The molecule has 1 atom stereocenters. The first-order valence-corrected chi connectivity index (χ1v) is 11.8. The lowest BCUT2D eigenvalue weighted by Gasteiger charge is -2.32. The van der Waals surface area contributed by atoms with Gasteiger partial charge in [0.1, 0.15) is 0 Å². The zero-order valence-electron chi connectivity index (χ0n) is 13.7. The summed E-state index contributed by atoms with van der Waals surface area (Å²) >= 11 is 5.60. The summed E-state index contributed by atoms with van der Waals surface area (Å²) < 4.78 is 34.8. The van der Waals surface area contributed by atoms with Crippen LogP contribution in [0.5, 0.6) is 0 Å². The molecule has 0 fully saturated rings. The van der Waals surface area contributed by atoms with E-state index < -0.39 is 14.1 Å². The van der Waals surface area contributed by atoms with Gasteiger partial charge >= 0.3 is 7.60 Å². The molecule has 1 N–H and O–H groups in total. The van der Waals surface area contributed by atoms with E-state index in [4.69, 9.17) is 29.9 Å². The summed E-state index contributed by atoms with van der Waals surface area (Å²) in [6.45, 7) is 8.88. The van der Waals surface area contributed by atoms with E-state index in [0.29, 0.717) is 33.0 Å². The highest BCUT2D eigenvalue weighted by molar-refractivity contribution is 8.10. The third-order valence-corrected chi connectivity index (χ3v) is 8.65. The number of rotatable bonds is 13. The molecule has 9 heteroatoms. The molecule has 0 heterocycles. The average molecular weight is 361 g/mol. The molecule has 0 rings (SSSR count). The standard InChI is InChI=1S/C12H29NO5P2S/c1-6-13-12(20(21,17-9-4)18-10-5)11-19(14,15-7-2)16-8-3/h12-13H,6-11H2,1-5H3. The van der Waals surface area contributed by atoms with Crippen LogP contribution in [0.15, 0.2) is 0 Å². The van der Waals surface area contributed by atoms with Gasteiger partial charge in [0.15, 0.2) is 0 Å². The fourth-order valence-corrected chi connectivity index (χ4v) is 7.88. The molecule has 0 spiro atoms. The van der Waals surface area contributed by atoms with Gasteiger partial charge in [0, 0.05) is 0 Å². The maximum Gasteiger partial charge on any atom is 0.332 e. The smallest absolute Gasteiger partial charge is 0.329 e. The van der Waals surface area contributed by atoms with E-state index in [1.54, 1.807) is 13.8 Å². The van der Waals surface area contributed by atoms with E-state index in [2.05, 4.69) is 5.32 Å². The summed E-state index contributed by atoms with van der Waals surface area (Å²) in [6.07, 6.45) is 0.153. The van der Waals surface area contributed by atoms with Gasteiger partial charge in [0.05, 0.1) is 38.4 Å². The zero-order valence-corrected chi connectivity index (χ0v) is 16.3. The monoisotopic (exact) mass is 361 g/mol. The van der Waals surface area contributed by atoms with Gasteiger partial charge < -0.3 is 23.4 Å². The van der Waals surface area contributed by atoms with Gasteiger partial charge in [-0.2, -0.15) is 0 Å². The maximum atomic E-state index is 12.7. The first-order valence-electron chi connectivity index (χ1n) is 7.41. The third-order valence-electron chi connectivity index (χ3n) is 2.49. The second-order valence-corrected chi connectivity index (χ2v) is 9.93. The third kappa shape index (κ3) is 7.67. The average Bonchev–Trinajstić information content (AvgIpc) is 2.39. The van der Waals surface area contributed by atoms with E-state index in [-0.39, 0.29) is 11.9 Å². The molecule has 0 aromatic rings. The molecule has 0 aromatic carbocycles. The van der Waals surface area contributed by atoms with Gasteiger partial charge in [-0.1, -0.05) is 6.92 Å². The predicted octanol–water partition coefficient (Wildman–Crippen LogP) is 3.57. The lowest BCUT2D eigenvalue weighted by molar-refractivity contribution is 0.215. The Bertz CT molecular complexity index is 350. The molecule has 1 unspecified atom stereocenters. The molecule has 128 valence electrons.